The van der Waals surface area contributed by atoms with E-state index in [0.29, 0.717) is 62.4 Å². The van der Waals surface area contributed by atoms with Gasteiger partial charge in [0.1, 0.15) is 18.1 Å². The summed E-state index contributed by atoms with van der Waals surface area (Å²) in [5, 5.41) is 15.2. The maximum absolute atomic E-state index is 13.0. The Hall–Kier alpha value is -4.10. The van der Waals surface area contributed by atoms with E-state index < -0.39 is 12.5 Å². The lowest BCUT2D eigenvalue weighted by molar-refractivity contribution is -0.274. The summed E-state index contributed by atoms with van der Waals surface area (Å²) in [6.45, 7) is 3.56. The van der Waals surface area contributed by atoms with Crippen molar-refractivity contribution in [3.8, 4) is 5.75 Å². The normalized spacial score (nSPS) is 15.6. The first kappa shape index (κ1) is 24.6. The molecule has 1 N–H and O–H groups in total. The molecule has 5 rings (SSSR count). The van der Waals surface area contributed by atoms with Crippen LogP contribution in [0.3, 0.4) is 0 Å². The average Bonchev–Trinajstić information content (AvgIpc) is 3.44. The molecule has 14 heteroatoms. The predicted octanol–water partition coefficient (Wildman–Crippen LogP) is 2.85. The number of benzene rings is 1. The van der Waals surface area contributed by atoms with Crippen molar-refractivity contribution in [3.05, 3.63) is 58.2 Å². The summed E-state index contributed by atoms with van der Waals surface area (Å²) in [6, 6.07) is 5.62. The number of H-pyrrole nitrogens is 1. The van der Waals surface area contributed by atoms with Crippen LogP contribution in [0.25, 0.3) is 0 Å². The molecule has 4 heterocycles. The third kappa shape index (κ3) is 5.52. The Morgan fingerprint density at radius 2 is 1.84 bits per heavy atom. The van der Waals surface area contributed by atoms with E-state index in [0.717, 1.165) is 17.1 Å². The number of hydrogen-bond donors (Lipinski definition) is 1. The van der Waals surface area contributed by atoms with Gasteiger partial charge in [-0.2, -0.15) is 20.5 Å². The van der Waals surface area contributed by atoms with Gasteiger partial charge < -0.3 is 19.3 Å². The number of amides is 2. The zero-order valence-electron chi connectivity index (χ0n) is 19.9. The lowest BCUT2D eigenvalue weighted by Crippen LogP contribution is -2.36. The molecular formula is C23H26F3N7O4. The first-order valence-electron chi connectivity index (χ1n) is 11.7. The fraction of sp³-hybridized carbons (Fsp3) is 0.435. The first-order valence-corrected chi connectivity index (χ1v) is 11.7. The van der Waals surface area contributed by atoms with Crippen LogP contribution in [0.5, 0.6) is 5.75 Å². The molecule has 0 spiro atoms. The van der Waals surface area contributed by atoms with E-state index in [4.69, 9.17) is 4.74 Å². The number of alkyl halides is 3. The van der Waals surface area contributed by atoms with Crippen LogP contribution in [0.1, 0.15) is 40.1 Å². The second-order valence-electron chi connectivity index (χ2n) is 8.87. The van der Waals surface area contributed by atoms with Crippen LogP contribution >= 0.6 is 0 Å². The van der Waals surface area contributed by atoms with Gasteiger partial charge in [-0.25, -0.2) is 4.79 Å². The van der Waals surface area contributed by atoms with Gasteiger partial charge in [0.05, 0.1) is 18.8 Å². The highest BCUT2D eigenvalue weighted by molar-refractivity contribution is 5.92. The molecule has 0 aliphatic carbocycles. The topological polar surface area (TPSA) is 118 Å². The van der Waals surface area contributed by atoms with E-state index in [9.17, 15) is 22.8 Å². The molecule has 37 heavy (non-hydrogen) atoms. The summed E-state index contributed by atoms with van der Waals surface area (Å²) >= 11 is 0. The smallest absolute Gasteiger partial charge is 0.445 e. The third-order valence-electron chi connectivity index (χ3n) is 6.41. The molecule has 11 nitrogen and oxygen atoms in total. The molecule has 3 aromatic rings. The minimum Gasteiger partial charge on any atom is -0.445 e. The van der Waals surface area contributed by atoms with Crippen molar-refractivity contribution in [2.75, 3.05) is 19.6 Å². The van der Waals surface area contributed by atoms with E-state index in [-0.39, 0.29) is 19.7 Å². The van der Waals surface area contributed by atoms with Crippen LogP contribution < -0.4 is 4.74 Å². The fourth-order valence-corrected chi connectivity index (χ4v) is 4.41. The fourth-order valence-electron chi connectivity index (χ4n) is 4.41. The molecular weight excluding hydrogens is 495 g/mol. The van der Waals surface area contributed by atoms with Gasteiger partial charge in [-0.1, -0.05) is 6.07 Å². The number of carbonyl (C=O) groups excluding carboxylic acids is 2. The number of carbonyl (C=O) groups is 2. The van der Waals surface area contributed by atoms with Crippen LogP contribution in [0.2, 0.25) is 0 Å². The van der Waals surface area contributed by atoms with E-state index in [1.54, 1.807) is 27.5 Å². The Bertz CT molecular complexity index is 1300. The summed E-state index contributed by atoms with van der Waals surface area (Å²) in [5.41, 5.74) is 3.91. The SMILES string of the molecule is Cc1cc(OC(F)(F)F)ccc1COC(=O)N1CCc2cc(C(=O)N3CCc4n[nH]nc4C3)nn2CC1.[HH]. The minimum atomic E-state index is -4.77. The maximum atomic E-state index is 13.0. The molecule has 0 saturated carbocycles. The van der Waals surface area contributed by atoms with E-state index in [1.807, 2.05) is 0 Å². The van der Waals surface area contributed by atoms with E-state index >= 15 is 0 Å². The number of fused-ring (bicyclic) bond motifs is 2. The van der Waals surface area contributed by atoms with Gasteiger partial charge in [0, 0.05) is 39.6 Å². The second kappa shape index (κ2) is 9.75. The Balaban J connectivity index is 0.00000336. The van der Waals surface area contributed by atoms with Gasteiger partial charge in [0.15, 0.2) is 5.69 Å². The monoisotopic (exact) mass is 521 g/mol. The Morgan fingerprint density at radius 1 is 1.05 bits per heavy atom. The zero-order chi connectivity index (χ0) is 26.2. The molecule has 0 unspecified atom stereocenters. The van der Waals surface area contributed by atoms with Gasteiger partial charge in [-0.3, -0.25) is 9.48 Å². The summed E-state index contributed by atoms with van der Waals surface area (Å²) in [4.78, 5) is 28.9. The summed E-state index contributed by atoms with van der Waals surface area (Å²) in [7, 11) is 0. The first-order chi connectivity index (χ1) is 17.7. The van der Waals surface area contributed by atoms with E-state index in [1.165, 1.54) is 18.2 Å². The number of halogens is 3. The molecule has 0 bridgehead atoms. The van der Waals surface area contributed by atoms with Crippen molar-refractivity contribution < 1.29 is 33.7 Å². The number of rotatable bonds is 4. The van der Waals surface area contributed by atoms with Crippen LogP contribution in [0.15, 0.2) is 24.3 Å². The van der Waals surface area contributed by atoms with Crippen LogP contribution in [-0.2, 0) is 37.3 Å². The number of nitrogens with zero attached hydrogens (tertiary/aromatic N) is 6. The van der Waals surface area contributed by atoms with E-state index in [2.05, 4.69) is 25.2 Å². The molecule has 2 amide bonds. The van der Waals surface area contributed by atoms with Crippen LogP contribution in [-0.4, -0.2) is 73.0 Å². The number of ether oxygens (including phenoxy) is 2. The lowest BCUT2D eigenvalue weighted by atomic mass is 10.1. The molecule has 2 aliphatic heterocycles. The zero-order valence-corrected chi connectivity index (χ0v) is 19.9. The average molecular weight is 522 g/mol. The molecule has 2 aliphatic rings. The Morgan fingerprint density at radius 3 is 2.62 bits per heavy atom. The molecule has 1 aromatic carbocycles. The third-order valence-corrected chi connectivity index (χ3v) is 6.41. The lowest BCUT2D eigenvalue weighted by Gasteiger charge is -2.24. The Kier molecular flexibility index (Phi) is 6.48. The number of aromatic amines is 1. The standard InChI is InChI=1S/C23H24F3N7O4.H2/c1-14-10-17(37-23(24,25)26)3-2-15(14)13-36-22(35)31-6-4-16-11-19(29-33(16)9-8-31)21(34)32-7-5-18-20(12-32)28-30-27-18;/h2-3,10-11H,4-9,12-13H2,1H3,(H,27,28,30);1H. The Labute approximate surface area is 210 Å². The number of aromatic nitrogens is 5. The molecule has 198 valence electrons. The van der Waals surface area contributed by atoms with Crippen LogP contribution in [0.4, 0.5) is 18.0 Å². The predicted molar refractivity (Wildman–Crippen MR) is 122 cm³/mol. The van der Waals surface area contributed by atoms with Crippen molar-refractivity contribution in [3.63, 3.8) is 0 Å². The number of aryl methyl sites for hydroxylation is 1. The van der Waals surface area contributed by atoms with Crippen LogP contribution in [0, 0.1) is 6.92 Å². The highest BCUT2D eigenvalue weighted by atomic mass is 19.4. The highest BCUT2D eigenvalue weighted by Crippen LogP contribution is 2.25. The molecule has 2 aromatic heterocycles. The second-order valence-corrected chi connectivity index (χ2v) is 8.87. The summed E-state index contributed by atoms with van der Waals surface area (Å²) in [5.74, 6) is -0.504. The molecule has 0 fully saturated rings. The van der Waals surface area contributed by atoms with Crippen molar-refractivity contribution in [2.24, 2.45) is 0 Å². The number of hydrogen-bond acceptors (Lipinski definition) is 7. The largest absolute Gasteiger partial charge is 0.573 e. The van der Waals surface area contributed by atoms with Gasteiger partial charge in [0.2, 0.25) is 0 Å². The van der Waals surface area contributed by atoms with Gasteiger partial charge in [-0.05, 0) is 36.2 Å². The van der Waals surface area contributed by atoms with Crippen molar-refractivity contribution >= 4 is 12.0 Å². The molecule has 0 saturated heterocycles. The molecule has 0 atom stereocenters. The summed E-state index contributed by atoms with van der Waals surface area (Å²) in [6.07, 6.45) is -4.18. The molecule has 0 radical (unpaired) electrons. The van der Waals surface area contributed by atoms with Crippen molar-refractivity contribution in [2.45, 2.75) is 45.8 Å². The quantitative estimate of drug-likeness (QED) is 0.561. The van der Waals surface area contributed by atoms with Gasteiger partial charge in [-0.15, -0.1) is 13.2 Å². The van der Waals surface area contributed by atoms with Crippen molar-refractivity contribution in [1.29, 1.82) is 0 Å². The minimum absolute atomic E-state index is 0. The highest BCUT2D eigenvalue weighted by Gasteiger charge is 2.31. The number of nitrogens with one attached hydrogen (secondary N) is 1. The van der Waals surface area contributed by atoms with Gasteiger partial charge >= 0.3 is 12.5 Å². The maximum Gasteiger partial charge on any atom is 0.573 e. The van der Waals surface area contributed by atoms with Gasteiger partial charge in [0.25, 0.3) is 5.91 Å². The summed E-state index contributed by atoms with van der Waals surface area (Å²) < 4.78 is 48.2. The van der Waals surface area contributed by atoms with Crippen molar-refractivity contribution in [1.82, 2.24) is 35.0 Å².